The first-order valence-corrected chi connectivity index (χ1v) is 25.7. The molecule has 10 unspecified atom stereocenters. The fraction of sp³-hybridized carbons (Fsp3) is 0.482. The highest BCUT2D eigenvalue weighted by molar-refractivity contribution is 6.03. The zero-order valence-corrected chi connectivity index (χ0v) is 44.1. The Labute approximate surface area is 442 Å². The number of amides is 6. The number of Topliss-reactive ketones (excluding diaryl/α,β-unsaturated/α-hetero) is 2. The molecule has 0 aromatic heterocycles. The van der Waals surface area contributed by atoms with E-state index < -0.39 is 132 Å². The van der Waals surface area contributed by atoms with Crippen LogP contribution in [0, 0.1) is 17.8 Å². The van der Waals surface area contributed by atoms with E-state index in [-0.39, 0.29) is 62.1 Å². The van der Waals surface area contributed by atoms with Crippen LogP contribution in [0.1, 0.15) is 96.8 Å². The Balaban J connectivity index is 1.57. The molecule has 8 N–H and O–H groups in total. The molecule has 0 saturated carbocycles. The predicted molar refractivity (Wildman–Crippen MR) is 277 cm³/mol. The molecule has 410 valence electrons. The van der Waals surface area contributed by atoms with Crippen molar-refractivity contribution in [2.24, 2.45) is 17.8 Å². The average Bonchev–Trinajstić information content (AvgIpc) is 3.39. The van der Waals surface area contributed by atoms with Crippen LogP contribution in [-0.4, -0.2) is 139 Å². The molecule has 10 atom stereocenters. The van der Waals surface area contributed by atoms with Gasteiger partial charge in [0.25, 0.3) is 5.91 Å². The Hall–Kier alpha value is -7.45. The highest BCUT2D eigenvalue weighted by atomic mass is 16.5. The van der Waals surface area contributed by atoms with E-state index in [0.717, 1.165) is 9.80 Å². The molecule has 5 rings (SSSR count). The normalized spacial score (nSPS) is 24.0. The molecule has 2 aliphatic rings. The number of likely N-dealkylation sites (N-methyl/N-ethyl adjacent to an activating group) is 1. The first-order valence-electron chi connectivity index (χ1n) is 25.7. The number of aromatic hydroxyl groups is 2. The van der Waals surface area contributed by atoms with Gasteiger partial charge in [-0.3, -0.25) is 38.4 Å². The zero-order valence-electron chi connectivity index (χ0n) is 44.1. The third-order valence-corrected chi connectivity index (χ3v) is 14.0. The zero-order chi connectivity index (χ0) is 56.0. The van der Waals surface area contributed by atoms with Gasteiger partial charge in [0.1, 0.15) is 54.1 Å². The summed E-state index contributed by atoms with van der Waals surface area (Å²) >= 11 is 0. The maximum atomic E-state index is 15.1. The monoisotopic (exact) mass is 1050 g/mol. The number of fused-ring (bicyclic) bond motifs is 2. The van der Waals surface area contributed by atoms with Gasteiger partial charge in [0.05, 0.1) is 11.7 Å². The fourth-order valence-corrected chi connectivity index (χ4v) is 9.22. The predicted octanol–water partition coefficient (Wildman–Crippen LogP) is 2.67. The second-order valence-electron chi connectivity index (χ2n) is 19.9. The van der Waals surface area contributed by atoms with Crippen LogP contribution >= 0.6 is 0 Å². The number of carbonyl (C=O) groups excluding carboxylic acids is 9. The molecule has 76 heavy (non-hydrogen) atoms. The molecule has 2 bridgehead atoms. The highest BCUT2D eigenvalue weighted by Crippen LogP contribution is 2.30. The number of esters is 1. The van der Waals surface area contributed by atoms with Crippen molar-refractivity contribution in [2.45, 2.75) is 148 Å². The second kappa shape index (κ2) is 27.4. The van der Waals surface area contributed by atoms with Gasteiger partial charge in [-0.25, -0.2) is 4.79 Å². The van der Waals surface area contributed by atoms with Crippen LogP contribution in [-0.2, 0) is 67.2 Å². The Kier molecular flexibility index (Phi) is 21.4. The van der Waals surface area contributed by atoms with Crippen LogP contribution in [0.3, 0.4) is 0 Å². The number of nitrogens with zero attached hydrogens (tertiary/aromatic N) is 2. The lowest BCUT2D eigenvalue weighted by Gasteiger charge is -2.42. The SMILES string of the molecule is C/C=C1\NC(=O)C(NC(=O)C(CCc2ccc(O)cc2)CC(=O)C(C)NC(=O)C(O)CC)C(C)OC(=O)C(C(C)C)NC(=O)C(Cc2ccc(O)cc2)N(C)C(=O)C(Cc2ccccc2)N2C(=O)C(CCC2O)CC1=O. The van der Waals surface area contributed by atoms with Crippen LogP contribution in [0.2, 0.25) is 0 Å². The van der Waals surface area contributed by atoms with Gasteiger partial charge in [-0.05, 0) is 99.7 Å². The van der Waals surface area contributed by atoms with Gasteiger partial charge in [-0.15, -0.1) is 0 Å². The minimum Gasteiger partial charge on any atom is -0.508 e. The lowest BCUT2D eigenvalue weighted by Crippen LogP contribution is -2.62. The summed E-state index contributed by atoms with van der Waals surface area (Å²) in [5, 5.41) is 52.0. The number of hydrogen-bond donors (Lipinski definition) is 8. The van der Waals surface area contributed by atoms with Crippen molar-refractivity contribution in [1.29, 1.82) is 0 Å². The molecule has 2 fully saturated rings. The first-order chi connectivity index (χ1) is 36.0. The molecule has 2 aliphatic heterocycles. The van der Waals surface area contributed by atoms with Gasteiger partial charge >= 0.3 is 5.97 Å². The van der Waals surface area contributed by atoms with Crippen LogP contribution in [0.15, 0.2) is 90.6 Å². The molecule has 20 nitrogen and oxygen atoms in total. The molecule has 6 amide bonds. The standard InChI is InChI=1S/C56H72N6O14/c1-8-41-46(67)30-38-21-26-47(68)62(54(38)73)43(28-35-13-11-10-12-14-35)55(74)61(7)42(27-36-18-24-40(64)25-19-36)51(70)59-48(31(3)4)56(75)76-33(6)49(53(72)58-41)60-50(69)37(20-15-34-16-22-39(63)23-17-34)29-45(66)32(5)57-52(71)44(65)9-2/h8,10-14,16-19,22-25,31-33,37-38,42-44,47-49,63-65,68H,9,15,20-21,26-30H2,1-7H3,(H,57,71)(H,58,72)(H,59,70)(H,60,69)/b41-8-. The number of phenolic OH excluding ortho intramolecular Hbond substituents is 2. The van der Waals surface area contributed by atoms with Crippen molar-refractivity contribution < 1.29 is 68.3 Å². The van der Waals surface area contributed by atoms with E-state index in [2.05, 4.69) is 21.3 Å². The summed E-state index contributed by atoms with van der Waals surface area (Å²) < 4.78 is 5.93. The first kappa shape index (κ1) is 59.4. The van der Waals surface area contributed by atoms with E-state index in [0.29, 0.717) is 16.7 Å². The minimum absolute atomic E-state index is 0.00123. The number of aryl methyl sites for hydroxylation is 1. The maximum Gasteiger partial charge on any atom is 0.329 e. The van der Waals surface area contributed by atoms with Crippen molar-refractivity contribution in [1.82, 2.24) is 31.1 Å². The van der Waals surface area contributed by atoms with E-state index in [1.54, 1.807) is 75.4 Å². The molecular formula is C56H72N6O14. The van der Waals surface area contributed by atoms with Crippen LogP contribution in [0.5, 0.6) is 11.5 Å². The number of ketones is 2. The number of rotatable bonds is 16. The summed E-state index contributed by atoms with van der Waals surface area (Å²) in [6.07, 6.45) is -4.06. The molecule has 3 aromatic carbocycles. The summed E-state index contributed by atoms with van der Waals surface area (Å²) in [5.74, 6) is -10.4. The summed E-state index contributed by atoms with van der Waals surface area (Å²) in [6.45, 7) is 8.97. The van der Waals surface area contributed by atoms with E-state index in [4.69, 9.17) is 4.74 Å². The van der Waals surface area contributed by atoms with E-state index in [9.17, 15) is 58.8 Å². The fourth-order valence-electron chi connectivity index (χ4n) is 9.22. The van der Waals surface area contributed by atoms with Crippen LogP contribution in [0.25, 0.3) is 0 Å². The van der Waals surface area contributed by atoms with Crippen LogP contribution < -0.4 is 21.3 Å². The summed E-state index contributed by atoms with van der Waals surface area (Å²) in [7, 11) is 1.36. The Morgan fingerprint density at radius 1 is 0.803 bits per heavy atom. The number of carbonyl (C=O) groups is 9. The van der Waals surface area contributed by atoms with Crippen molar-refractivity contribution in [3.8, 4) is 11.5 Å². The smallest absolute Gasteiger partial charge is 0.329 e. The van der Waals surface area contributed by atoms with Crippen molar-refractivity contribution in [3.63, 3.8) is 0 Å². The summed E-state index contributed by atoms with van der Waals surface area (Å²) in [6, 6.07) is 13.6. The molecule has 0 radical (unpaired) electrons. The van der Waals surface area contributed by atoms with E-state index >= 15 is 4.79 Å². The summed E-state index contributed by atoms with van der Waals surface area (Å²) in [5.41, 5.74) is 1.51. The number of piperidine rings is 1. The second-order valence-corrected chi connectivity index (χ2v) is 19.9. The number of nitrogens with one attached hydrogen (secondary N) is 4. The molecule has 2 heterocycles. The number of phenols is 2. The van der Waals surface area contributed by atoms with Crippen LogP contribution in [0.4, 0.5) is 0 Å². The van der Waals surface area contributed by atoms with Crippen molar-refractivity contribution >= 4 is 53.0 Å². The molecule has 0 aliphatic carbocycles. The Bertz CT molecular complexity index is 2590. The van der Waals surface area contributed by atoms with Gasteiger partial charge in [0.15, 0.2) is 11.6 Å². The van der Waals surface area contributed by atoms with Gasteiger partial charge in [-0.1, -0.05) is 81.4 Å². The Morgan fingerprint density at radius 3 is 1.99 bits per heavy atom. The molecule has 20 heteroatoms. The topological polar surface area (TPSA) is 298 Å². The largest absolute Gasteiger partial charge is 0.508 e. The van der Waals surface area contributed by atoms with Gasteiger partial charge in [0.2, 0.25) is 29.5 Å². The van der Waals surface area contributed by atoms with Gasteiger partial charge in [0, 0.05) is 44.6 Å². The number of allylic oxidation sites excluding steroid dienone is 2. The average molecular weight is 1050 g/mol. The number of benzene rings is 3. The molecule has 2 saturated heterocycles. The molecule has 3 aromatic rings. The number of hydrogen-bond acceptors (Lipinski definition) is 14. The number of aliphatic hydroxyl groups excluding tert-OH is 2. The number of ether oxygens (including phenoxy) is 1. The third kappa shape index (κ3) is 15.8. The van der Waals surface area contributed by atoms with Gasteiger partial charge < -0.3 is 56.2 Å². The maximum absolute atomic E-state index is 15.1. The Morgan fingerprint density at radius 2 is 1.39 bits per heavy atom. The van der Waals surface area contributed by atoms with Crippen molar-refractivity contribution in [2.75, 3.05) is 7.05 Å². The lowest BCUT2D eigenvalue weighted by atomic mass is 9.88. The van der Waals surface area contributed by atoms with Crippen molar-refractivity contribution in [3.05, 3.63) is 107 Å². The van der Waals surface area contributed by atoms with E-state index in [1.807, 2.05) is 0 Å². The summed E-state index contributed by atoms with van der Waals surface area (Å²) in [4.78, 5) is 131. The molecular weight excluding hydrogens is 981 g/mol. The quantitative estimate of drug-likeness (QED) is 0.0757. The lowest BCUT2D eigenvalue weighted by molar-refractivity contribution is -0.167. The minimum atomic E-state index is -1.78. The number of cyclic esters (lactones) is 1. The highest BCUT2D eigenvalue weighted by Gasteiger charge is 2.45. The van der Waals surface area contributed by atoms with E-state index in [1.165, 1.54) is 58.2 Å². The third-order valence-electron chi connectivity index (χ3n) is 14.0. The number of aliphatic hydroxyl groups is 2. The molecule has 0 spiro atoms. The van der Waals surface area contributed by atoms with Gasteiger partial charge in [-0.2, -0.15) is 0 Å².